The summed E-state index contributed by atoms with van der Waals surface area (Å²) >= 11 is 0. The zero-order chi connectivity index (χ0) is 24.8. The number of hydrogen-bond donors (Lipinski definition) is 1. The number of ether oxygens (including phenoxy) is 2. The average molecular weight is 474 g/mol. The molecule has 180 valence electrons. The summed E-state index contributed by atoms with van der Waals surface area (Å²) in [5.41, 5.74) is 1.14. The molecular weight excluding hydrogens is 446 g/mol. The summed E-state index contributed by atoms with van der Waals surface area (Å²) in [7, 11) is 1.55. The topological polar surface area (TPSA) is 93.9 Å². The van der Waals surface area contributed by atoms with E-state index in [9.17, 15) is 14.7 Å². The monoisotopic (exact) mass is 473 g/mol. The lowest BCUT2D eigenvalue weighted by Gasteiger charge is -2.25. The van der Waals surface area contributed by atoms with Crippen LogP contribution in [0.5, 0.6) is 11.5 Å². The summed E-state index contributed by atoms with van der Waals surface area (Å²) in [6, 6.07) is 13.1. The lowest BCUT2D eigenvalue weighted by Crippen LogP contribution is -2.31. The maximum Gasteiger partial charge on any atom is 0.295 e. The maximum atomic E-state index is 13.2. The summed E-state index contributed by atoms with van der Waals surface area (Å²) in [6.45, 7) is 4.94. The second-order valence-corrected chi connectivity index (χ2v) is 8.05. The highest BCUT2D eigenvalue weighted by Gasteiger charge is 2.45. The molecule has 1 aliphatic rings. The Kier molecular flexibility index (Phi) is 7.30. The highest BCUT2D eigenvalue weighted by molar-refractivity contribution is 6.46. The first kappa shape index (κ1) is 23.8. The Labute approximate surface area is 203 Å². The Morgan fingerprint density at radius 2 is 1.94 bits per heavy atom. The fourth-order valence-corrected chi connectivity index (χ4v) is 4.13. The van der Waals surface area contributed by atoms with Crippen LogP contribution in [-0.4, -0.2) is 51.5 Å². The number of methoxy groups -OCH3 is 1. The number of aryl methyl sites for hydroxylation is 1. The molecule has 4 rings (SSSR count). The zero-order valence-corrected chi connectivity index (χ0v) is 19.5. The minimum atomic E-state index is -0.757. The molecule has 1 atom stereocenters. The number of likely N-dealkylation sites (tertiary alicyclic amines) is 1. The van der Waals surface area contributed by atoms with Crippen molar-refractivity contribution in [1.29, 1.82) is 0 Å². The van der Waals surface area contributed by atoms with Gasteiger partial charge in [0.15, 0.2) is 0 Å². The first-order valence-corrected chi connectivity index (χ1v) is 11.3. The number of aliphatic hydroxyl groups excluding tert-OH is 1. The van der Waals surface area contributed by atoms with Crippen LogP contribution in [0.15, 0.2) is 85.5 Å². The zero-order valence-electron chi connectivity index (χ0n) is 19.5. The standard InChI is InChI=1S/C27H27N3O5/c1-3-16-35-22-7-4-6-20(17-22)24-23(25(31)19-8-10-21(34-2)11-9-19)26(32)27(33)30(24)14-5-13-29-15-12-28-18-29/h3-4,6-12,15,17-18,24,31H,1,5,13-14,16H2,2H3/b25-23-. The lowest BCUT2D eigenvalue weighted by atomic mass is 9.95. The molecule has 1 fully saturated rings. The predicted octanol–water partition coefficient (Wildman–Crippen LogP) is 3.97. The Morgan fingerprint density at radius 1 is 1.14 bits per heavy atom. The third-order valence-electron chi connectivity index (χ3n) is 5.82. The summed E-state index contributed by atoms with van der Waals surface area (Å²) in [5, 5.41) is 11.2. The van der Waals surface area contributed by atoms with E-state index in [1.165, 1.54) is 4.90 Å². The van der Waals surface area contributed by atoms with Gasteiger partial charge in [-0.1, -0.05) is 24.8 Å². The second-order valence-electron chi connectivity index (χ2n) is 8.05. The van der Waals surface area contributed by atoms with Crippen LogP contribution in [0.3, 0.4) is 0 Å². The quantitative estimate of drug-likeness (QED) is 0.207. The molecule has 3 aromatic rings. The van der Waals surface area contributed by atoms with Crippen LogP contribution in [0.2, 0.25) is 0 Å². The second kappa shape index (κ2) is 10.7. The van der Waals surface area contributed by atoms with E-state index in [2.05, 4.69) is 11.6 Å². The van der Waals surface area contributed by atoms with Crippen LogP contribution in [0.4, 0.5) is 0 Å². The van der Waals surface area contributed by atoms with Crippen molar-refractivity contribution < 1.29 is 24.2 Å². The number of nitrogens with zero attached hydrogens (tertiary/aromatic N) is 3. The molecule has 2 heterocycles. The normalized spacial score (nSPS) is 16.9. The number of hydrogen-bond acceptors (Lipinski definition) is 6. The fourth-order valence-electron chi connectivity index (χ4n) is 4.13. The molecule has 0 bridgehead atoms. The van der Waals surface area contributed by atoms with E-state index in [1.54, 1.807) is 68.2 Å². The van der Waals surface area contributed by atoms with Crippen molar-refractivity contribution in [2.75, 3.05) is 20.3 Å². The number of Topliss-reactive ketones (excluding diaryl/α,β-unsaturated/α-hetero) is 1. The van der Waals surface area contributed by atoms with E-state index < -0.39 is 17.7 Å². The van der Waals surface area contributed by atoms with E-state index in [1.807, 2.05) is 16.8 Å². The van der Waals surface area contributed by atoms with Gasteiger partial charge in [0.1, 0.15) is 23.9 Å². The van der Waals surface area contributed by atoms with Gasteiger partial charge in [-0.05, 0) is 48.4 Å². The van der Waals surface area contributed by atoms with Crippen LogP contribution < -0.4 is 9.47 Å². The van der Waals surface area contributed by atoms with Crippen LogP contribution >= 0.6 is 0 Å². The molecule has 8 nitrogen and oxygen atoms in total. The molecule has 8 heteroatoms. The number of aliphatic hydroxyl groups is 1. The molecule has 35 heavy (non-hydrogen) atoms. The molecule has 0 spiro atoms. The first-order valence-electron chi connectivity index (χ1n) is 11.3. The molecule has 1 N–H and O–H groups in total. The van der Waals surface area contributed by atoms with Crippen LogP contribution in [-0.2, 0) is 16.1 Å². The van der Waals surface area contributed by atoms with E-state index in [4.69, 9.17) is 9.47 Å². The molecular formula is C27H27N3O5. The Balaban J connectivity index is 1.73. The van der Waals surface area contributed by atoms with E-state index in [-0.39, 0.29) is 11.3 Å². The number of carbonyl (C=O) groups is 2. The van der Waals surface area contributed by atoms with Gasteiger partial charge in [0.2, 0.25) is 0 Å². The molecule has 2 aromatic carbocycles. The van der Waals surface area contributed by atoms with Crippen LogP contribution in [0.1, 0.15) is 23.6 Å². The molecule has 0 radical (unpaired) electrons. The number of aromatic nitrogens is 2. The van der Waals surface area contributed by atoms with Crippen LogP contribution in [0, 0.1) is 0 Å². The van der Waals surface area contributed by atoms with Crippen LogP contribution in [0.25, 0.3) is 5.76 Å². The summed E-state index contributed by atoms with van der Waals surface area (Å²) in [4.78, 5) is 31.9. The number of rotatable bonds is 10. The fraction of sp³-hybridized carbons (Fsp3) is 0.222. The van der Waals surface area contributed by atoms with Gasteiger partial charge in [-0.15, -0.1) is 0 Å². The van der Waals surface area contributed by atoms with Gasteiger partial charge in [-0.3, -0.25) is 9.59 Å². The Hall–Kier alpha value is -4.33. The number of ketones is 1. The van der Waals surface area contributed by atoms with Gasteiger partial charge < -0.3 is 24.0 Å². The first-order chi connectivity index (χ1) is 17.0. The number of benzene rings is 2. The Morgan fingerprint density at radius 3 is 2.63 bits per heavy atom. The molecule has 1 saturated heterocycles. The van der Waals surface area contributed by atoms with Crippen molar-refractivity contribution >= 4 is 17.4 Å². The van der Waals surface area contributed by atoms with Gasteiger partial charge in [0.05, 0.1) is 25.1 Å². The van der Waals surface area contributed by atoms with Crippen molar-refractivity contribution in [1.82, 2.24) is 14.5 Å². The maximum absolute atomic E-state index is 13.2. The Bertz CT molecular complexity index is 1230. The molecule has 1 aromatic heterocycles. The molecule has 0 aliphatic carbocycles. The SMILES string of the molecule is C=CCOc1cccc(C2/C(=C(/O)c3ccc(OC)cc3)C(=O)C(=O)N2CCCn2ccnc2)c1. The number of carbonyl (C=O) groups excluding carboxylic acids is 2. The molecule has 1 amide bonds. The third kappa shape index (κ3) is 5.11. The van der Waals surface area contributed by atoms with Gasteiger partial charge in [-0.25, -0.2) is 4.98 Å². The smallest absolute Gasteiger partial charge is 0.295 e. The van der Waals surface area contributed by atoms with E-state index >= 15 is 0 Å². The summed E-state index contributed by atoms with van der Waals surface area (Å²) < 4.78 is 12.8. The van der Waals surface area contributed by atoms with Crippen molar-refractivity contribution in [2.45, 2.75) is 19.0 Å². The molecule has 1 aliphatic heterocycles. The van der Waals surface area contributed by atoms with Gasteiger partial charge in [0.25, 0.3) is 11.7 Å². The van der Waals surface area contributed by atoms with Crippen molar-refractivity contribution in [3.63, 3.8) is 0 Å². The van der Waals surface area contributed by atoms with Gasteiger partial charge in [0, 0.05) is 31.0 Å². The summed E-state index contributed by atoms with van der Waals surface area (Å²) in [6.07, 6.45) is 7.48. The number of amides is 1. The molecule has 1 unspecified atom stereocenters. The largest absolute Gasteiger partial charge is 0.507 e. The predicted molar refractivity (Wildman–Crippen MR) is 131 cm³/mol. The number of imidazole rings is 1. The third-order valence-corrected chi connectivity index (χ3v) is 5.82. The van der Waals surface area contributed by atoms with Crippen molar-refractivity contribution in [3.05, 3.63) is 96.6 Å². The lowest BCUT2D eigenvalue weighted by molar-refractivity contribution is -0.139. The minimum absolute atomic E-state index is 0.0451. The average Bonchev–Trinajstić information content (AvgIpc) is 3.49. The van der Waals surface area contributed by atoms with E-state index in [0.29, 0.717) is 48.7 Å². The van der Waals surface area contributed by atoms with Gasteiger partial charge in [-0.2, -0.15) is 0 Å². The summed E-state index contributed by atoms with van der Waals surface area (Å²) in [5.74, 6) is -0.400. The van der Waals surface area contributed by atoms with Crippen molar-refractivity contribution in [3.8, 4) is 11.5 Å². The van der Waals surface area contributed by atoms with Gasteiger partial charge >= 0.3 is 0 Å². The molecule has 0 saturated carbocycles. The van der Waals surface area contributed by atoms with E-state index in [0.717, 1.165) is 0 Å². The highest BCUT2D eigenvalue weighted by atomic mass is 16.5. The van der Waals surface area contributed by atoms with Crippen molar-refractivity contribution in [2.24, 2.45) is 0 Å². The highest BCUT2D eigenvalue weighted by Crippen LogP contribution is 2.40. The minimum Gasteiger partial charge on any atom is -0.507 e.